The van der Waals surface area contributed by atoms with Gasteiger partial charge in [0.05, 0.1) is 12.6 Å². The van der Waals surface area contributed by atoms with Crippen molar-refractivity contribution in [3.63, 3.8) is 0 Å². The van der Waals surface area contributed by atoms with Crippen LogP contribution in [0.2, 0.25) is 5.02 Å². The standard InChI is InChI=1S/C16H18BrClN2O/c1-2-7-21-15-5-3-11(4-6-15)16(20-19)12-8-13(17)10-14(18)9-12/h3-6,8-10,16,20H,2,7,19H2,1H3. The summed E-state index contributed by atoms with van der Waals surface area (Å²) in [5.41, 5.74) is 4.88. The van der Waals surface area contributed by atoms with Crippen LogP contribution in [0.15, 0.2) is 46.9 Å². The van der Waals surface area contributed by atoms with Crippen LogP contribution in [0.3, 0.4) is 0 Å². The maximum absolute atomic E-state index is 6.10. The maximum Gasteiger partial charge on any atom is 0.119 e. The van der Waals surface area contributed by atoms with Crippen molar-refractivity contribution in [2.24, 2.45) is 5.84 Å². The van der Waals surface area contributed by atoms with Crippen molar-refractivity contribution < 1.29 is 4.74 Å². The number of nitrogens with two attached hydrogens (primary N) is 1. The van der Waals surface area contributed by atoms with Crippen LogP contribution in [0.25, 0.3) is 0 Å². The fourth-order valence-electron chi connectivity index (χ4n) is 2.10. The van der Waals surface area contributed by atoms with E-state index in [1.165, 1.54) is 0 Å². The zero-order chi connectivity index (χ0) is 15.2. The van der Waals surface area contributed by atoms with Gasteiger partial charge in [0.1, 0.15) is 5.75 Å². The first-order chi connectivity index (χ1) is 10.1. The van der Waals surface area contributed by atoms with E-state index in [1.54, 1.807) is 0 Å². The summed E-state index contributed by atoms with van der Waals surface area (Å²) in [6.07, 6.45) is 0.991. The maximum atomic E-state index is 6.10. The average Bonchev–Trinajstić information content (AvgIpc) is 2.46. The molecule has 0 spiro atoms. The quantitative estimate of drug-likeness (QED) is 0.584. The summed E-state index contributed by atoms with van der Waals surface area (Å²) in [7, 11) is 0. The number of hydrogen-bond donors (Lipinski definition) is 2. The smallest absolute Gasteiger partial charge is 0.119 e. The van der Waals surface area contributed by atoms with Crippen molar-refractivity contribution in [3.05, 3.63) is 63.1 Å². The van der Waals surface area contributed by atoms with Gasteiger partial charge in [0.15, 0.2) is 0 Å². The second-order valence-electron chi connectivity index (χ2n) is 4.72. The Morgan fingerprint density at radius 3 is 2.48 bits per heavy atom. The van der Waals surface area contributed by atoms with Gasteiger partial charge in [0.25, 0.3) is 0 Å². The Hall–Kier alpha value is -1.07. The molecule has 5 heteroatoms. The van der Waals surface area contributed by atoms with Crippen molar-refractivity contribution in [2.45, 2.75) is 19.4 Å². The van der Waals surface area contributed by atoms with Gasteiger partial charge in [0.2, 0.25) is 0 Å². The van der Waals surface area contributed by atoms with Gasteiger partial charge >= 0.3 is 0 Å². The molecule has 0 amide bonds. The molecular weight excluding hydrogens is 352 g/mol. The highest BCUT2D eigenvalue weighted by molar-refractivity contribution is 9.10. The molecule has 2 rings (SSSR count). The second-order valence-corrected chi connectivity index (χ2v) is 6.07. The summed E-state index contributed by atoms with van der Waals surface area (Å²) in [6, 6.07) is 13.5. The molecule has 1 atom stereocenters. The monoisotopic (exact) mass is 368 g/mol. The van der Waals surface area contributed by atoms with Crippen LogP contribution in [0.5, 0.6) is 5.75 Å². The Morgan fingerprint density at radius 1 is 1.19 bits per heavy atom. The number of hydrogen-bond acceptors (Lipinski definition) is 3. The van der Waals surface area contributed by atoms with Gasteiger partial charge in [-0.2, -0.15) is 0 Å². The van der Waals surface area contributed by atoms with E-state index in [2.05, 4.69) is 28.3 Å². The zero-order valence-corrected chi connectivity index (χ0v) is 14.1. The Labute approximate surface area is 138 Å². The highest BCUT2D eigenvalue weighted by Gasteiger charge is 2.13. The summed E-state index contributed by atoms with van der Waals surface area (Å²) < 4.78 is 6.51. The van der Waals surface area contributed by atoms with Gasteiger partial charge in [-0.15, -0.1) is 0 Å². The minimum atomic E-state index is -0.125. The number of rotatable bonds is 6. The molecule has 0 aliphatic rings. The van der Waals surface area contributed by atoms with Crippen molar-refractivity contribution in [1.29, 1.82) is 0 Å². The fraction of sp³-hybridized carbons (Fsp3) is 0.250. The molecule has 0 saturated heterocycles. The Balaban J connectivity index is 2.24. The third-order valence-corrected chi connectivity index (χ3v) is 3.75. The van der Waals surface area contributed by atoms with Gasteiger partial charge in [-0.05, 0) is 47.9 Å². The van der Waals surface area contributed by atoms with Crippen LogP contribution in [0.1, 0.15) is 30.5 Å². The molecule has 0 aromatic heterocycles. The number of nitrogens with one attached hydrogen (secondary N) is 1. The lowest BCUT2D eigenvalue weighted by molar-refractivity contribution is 0.317. The molecule has 2 aromatic rings. The Morgan fingerprint density at radius 2 is 1.90 bits per heavy atom. The minimum Gasteiger partial charge on any atom is -0.494 e. The van der Waals surface area contributed by atoms with Gasteiger partial charge in [-0.1, -0.05) is 46.6 Å². The largest absolute Gasteiger partial charge is 0.494 e. The van der Waals surface area contributed by atoms with E-state index in [4.69, 9.17) is 22.2 Å². The highest BCUT2D eigenvalue weighted by Crippen LogP contribution is 2.28. The zero-order valence-electron chi connectivity index (χ0n) is 11.8. The predicted molar refractivity (Wildman–Crippen MR) is 90.5 cm³/mol. The molecule has 0 bridgehead atoms. The van der Waals surface area contributed by atoms with Crippen molar-refractivity contribution in [2.75, 3.05) is 6.61 Å². The Kier molecular flexibility index (Phi) is 6.06. The van der Waals surface area contributed by atoms with Crippen LogP contribution in [0, 0.1) is 0 Å². The van der Waals surface area contributed by atoms with Crippen LogP contribution >= 0.6 is 27.5 Å². The van der Waals surface area contributed by atoms with Crippen molar-refractivity contribution in [1.82, 2.24) is 5.43 Å². The van der Waals surface area contributed by atoms with E-state index in [0.29, 0.717) is 5.02 Å². The lowest BCUT2D eigenvalue weighted by Gasteiger charge is -2.18. The lowest BCUT2D eigenvalue weighted by Crippen LogP contribution is -2.28. The van der Waals surface area contributed by atoms with Crippen LogP contribution in [-0.2, 0) is 0 Å². The highest BCUT2D eigenvalue weighted by atomic mass is 79.9. The molecule has 0 aliphatic carbocycles. The molecule has 0 saturated carbocycles. The van der Waals surface area contributed by atoms with Gasteiger partial charge in [-0.3, -0.25) is 5.84 Å². The first-order valence-electron chi connectivity index (χ1n) is 6.79. The van der Waals surface area contributed by atoms with Crippen LogP contribution in [0.4, 0.5) is 0 Å². The lowest BCUT2D eigenvalue weighted by atomic mass is 9.99. The van der Waals surface area contributed by atoms with E-state index in [9.17, 15) is 0 Å². The molecule has 3 nitrogen and oxygen atoms in total. The van der Waals surface area contributed by atoms with E-state index in [0.717, 1.165) is 34.4 Å². The molecule has 0 radical (unpaired) electrons. The van der Waals surface area contributed by atoms with Crippen molar-refractivity contribution >= 4 is 27.5 Å². The summed E-state index contributed by atoms with van der Waals surface area (Å²) in [5, 5.41) is 0.669. The minimum absolute atomic E-state index is 0.125. The van der Waals surface area contributed by atoms with E-state index >= 15 is 0 Å². The van der Waals surface area contributed by atoms with Crippen LogP contribution in [-0.4, -0.2) is 6.61 Å². The first kappa shape index (κ1) is 16.3. The molecule has 0 fully saturated rings. The normalized spacial score (nSPS) is 12.2. The average molecular weight is 370 g/mol. The molecule has 2 aromatic carbocycles. The van der Waals surface area contributed by atoms with E-state index < -0.39 is 0 Å². The third kappa shape index (κ3) is 4.45. The number of ether oxygens (including phenoxy) is 1. The molecule has 112 valence electrons. The van der Waals surface area contributed by atoms with Crippen molar-refractivity contribution in [3.8, 4) is 5.75 Å². The number of halogens is 2. The van der Waals surface area contributed by atoms with Gasteiger partial charge in [-0.25, -0.2) is 5.43 Å². The molecule has 0 aliphatic heterocycles. The molecule has 21 heavy (non-hydrogen) atoms. The van der Waals surface area contributed by atoms with E-state index in [-0.39, 0.29) is 6.04 Å². The summed E-state index contributed by atoms with van der Waals surface area (Å²) >= 11 is 9.55. The summed E-state index contributed by atoms with van der Waals surface area (Å²) in [5.74, 6) is 6.58. The molecular formula is C16H18BrClN2O. The van der Waals surface area contributed by atoms with E-state index in [1.807, 2.05) is 42.5 Å². The fourth-order valence-corrected chi connectivity index (χ4v) is 2.99. The SMILES string of the molecule is CCCOc1ccc(C(NN)c2cc(Cl)cc(Br)c2)cc1. The third-order valence-electron chi connectivity index (χ3n) is 3.07. The van der Waals surface area contributed by atoms with Gasteiger partial charge in [0, 0.05) is 9.50 Å². The molecule has 3 N–H and O–H groups in total. The second kappa shape index (κ2) is 7.80. The summed E-state index contributed by atoms with van der Waals surface area (Å²) in [4.78, 5) is 0. The first-order valence-corrected chi connectivity index (χ1v) is 7.96. The number of hydrazine groups is 1. The topological polar surface area (TPSA) is 47.3 Å². The number of benzene rings is 2. The molecule has 0 heterocycles. The Bertz CT molecular complexity index is 569. The molecule has 1 unspecified atom stereocenters. The summed E-state index contributed by atoms with van der Waals surface area (Å²) in [6.45, 7) is 2.80. The van der Waals surface area contributed by atoms with Gasteiger partial charge < -0.3 is 4.74 Å². The predicted octanol–water partition coefficient (Wildman–Crippen LogP) is 4.44. The van der Waals surface area contributed by atoms with Crippen LogP contribution < -0.4 is 16.0 Å².